The fourth-order valence-electron chi connectivity index (χ4n) is 1.12. The minimum Gasteiger partial charge on any atom is -0.350 e. The maximum Gasteiger partial charge on any atom is 0.251 e. The molecule has 1 radical (unpaired) electrons. The average molecular weight is 191 g/mol. The Morgan fingerprint density at radius 1 is 1.36 bits per heavy atom. The summed E-state index contributed by atoms with van der Waals surface area (Å²) in [6.07, 6.45) is 0. The van der Waals surface area contributed by atoms with Crippen molar-refractivity contribution in [2.45, 2.75) is 26.4 Å². The van der Waals surface area contributed by atoms with Crippen LogP contribution in [-0.2, 0) is 6.54 Å². The van der Waals surface area contributed by atoms with Crippen LogP contribution in [0.25, 0.3) is 0 Å². The van der Waals surface area contributed by atoms with Crippen LogP contribution in [0.4, 0.5) is 0 Å². The van der Waals surface area contributed by atoms with Gasteiger partial charge in [0.2, 0.25) is 0 Å². The van der Waals surface area contributed by atoms with Crippen molar-refractivity contribution in [3.05, 3.63) is 35.4 Å². The van der Waals surface area contributed by atoms with Crippen molar-refractivity contribution >= 4 is 5.91 Å². The average Bonchev–Trinajstić information content (AvgIpc) is 2.17. The van der Waals surface area contributed by atoms with E-state index < -0.39 is 0 Å². The van der Waals surface area contributed by atoms with Crippen LogP contribution in [0.1, 0.15) is 29.8 Å². The molecule has 14 heavy (non-hydrogen) atoms. The predicted octanol–water partition coefficient (Wildman–Crippen LogP) is 1.61. The SMILES string of the molecule is CC(C)NC(=O)c1ccc(C[NH])cc1. The van der Waals surface area contributed by atoms with Gasteiger partial charge in [-0.2, -0.15) is 0 Å². The molecule has 75 valence electrons. The summed E-state index contributed by atoms with van der Waals surface area (Å²) < 4.78 is 0. The molecule has 0 aromatic heterocycles. The lowest BCUT2D eigenvalue weighted by atomic mass is 10.1. The number of carbonyl (C=O) groups is 1. The van der Waals surface area contributed by atoms with Gasteiger partial charge >= 0.3 is 0 Å². The number of rotatable bonds is 3. The number of hydrogen-bond acceptors (Lipinski definition) is 1. The van der Waals surface area contributed by atoms with Crippen LogP contribution >= 0.6 is 0 Å². The summed E-state index contributed by atoms with van der Waals surface area (Å²) in [5.41, 5.74) is 8.71. The van der Waals surface area contributed by atoms with Gasteiger partial charge in [-0.25, -0.2) is 0 Å². The van der Waals surface area contributed by atoms with Crippen molar-refractivity contribution in [3.8, 4) is 0 Å². The van der Waals surface area contributed by atoms with Gasteiger partial charge in [-0.3, -0.25) is 10.5 Å². The zero-order chi connectivity index (χ0) is 10.6. The van der Waals surface area contributed by atoms with E-state index in [1.807, 2.05) is 26.0 Å². The fraction of sp³-hybridized carbons (Fsp3) is 0.364. The Balaban J connectivity index is 2.71. The first-order valence-electron chi connectivity index (χ1n) is 4.68. The Morgan fingerprint density at radius 3 is 2.36 bits per heavy atom. The fourth-order valence-corrected chi connectivity index (χ4v) is 1.12. The first kappa shape index (κ1) is 10.7. The Bertz CT molecular complexity index is 304. The molecule has 0 heterocycles. The van der Waals surface area contributed by atoms with Gasteiger partial charge in [0, 0.05) is 18.2 Å². The predicted molar refractivity (Wildman–Crippen MR) is 55.8 cm³/mol. The van der Waals surface area contributed by atoms with E-state index >= 15 is 0 Å². The first-order valence-corrected chi connectivity index (χ1v) is 4.68. The quantitative estimate of drug-likeness (QED) is 0.775. The molecule has 0 saturated heterocycles. The molecule has 0 unspecified atom stereocenters. The van der Waals surface area contributed by atoms with Gasteiger partial charge in [-0.15, -0.1) is 0 Å². The van der Waals surface area contributed by atoms with Gasteiger partial charge in [0.1, 0.15) is 0 Å². The van der Waals surface area contributed by atoms with E-state index in [1.165, 1.54) is 0 Å². The molecule has 0 aliphatic heterocycles. The van der Waals surface area contributed by atoms with Crippen LogP contribution in [0.5, 0.6) is 0 Å². The van der Waals surface area contributed by atoms with Crippen LogP contribution < -0.4 is 11.1 Å². The van der Waals surface area contributed by atoms with E-state index in [9.17, 15) is 4.79 Å². The highest BCUT2D eigenvalue weighted by Gasteiger charge is 2.05. The lowest BCUT2D eigenvalue weighted by Crippen LogP contribution is -2.29. The van der Waals surface area contributed by atoms with Gasteiger partial charge in [-0.05, 0) is 31.5 Å². The van der Waals surface area contributed by atoms with Crippen molar-refractivity contribution in [1.82, 2.24) is 11.1 Å². The number of nitrogens with one attached hydrogen (secondary N) is 2. The Kier molecular flexibility index (Phi) is 3.65. The topological polar surface area (TPSA) is 52.9 Å². The van der Waals surface area contributed by atoms with E-state index in [4.69, 9.17) is 5.73 Å². The number of benzene rings is 1. The van der Waals surface area contributed by atoms with Crippen LogP contribution in [0.3, 0.4) is 0 Å². The van der Waals surface area contributed by atoms with Crippen molar-refractivity contribution in [2.24, 2.45) is 0 Å². The molecule has 1 aromatic rings. The van der Waals surface area contributed by atoms with E-state index in [1.54, 1.807) is 12.1 Å². The zero-order valence-corrected chi connectivity index (χ0v) is 8.50. The summed E-state index contributed by atoms with van der Waals surface area (Å²) in [6, 6.07) is 7.27. The summed E-state index contributed by atoms with van der Waals surface area (Å²) in [4.78, 5) is 11.5. The van der Waals surface area contributed by atoms with Crippen LogP contribution in [-0.4, -0.2) is 11.9 Å². The minimum atomic E-state index is -0.0588. The second-order valence-corrected chi connectivity index (χ2v) is 3.50. The smallest absolute Gasteiger partial charge is 0.251 e. The molecular weight excluding hydrogens is 176 g/mol. The van der Waals surface area contributed by atoms with Gasteiger partial charge in [0.25, 0.3) is 5.91 Å². The standard InChI is InChI=1S/C11H15N2O/c1-8(2)13-11(14)10-5-3-9(7-12)4-6-10/h3-6,8,12H,7H2,1-2H3,(H,13,14). The van der Waals surface area contributed by atoms with Crippen LogP contribution in [0, 0.1) is 0 Å². The highest BCUT2D eigenvalue weighted by molar-refractivity contribution is 5.94. The van der Waals surface area contributed by atoms with E-state index in [2.05, 4.69) is 5.32 Å². The van der Waals surface area contributed by atoms with Crippen LogP contribution in [0.2, 0.25) is 0 Å². The normalized spacial score (nSPS) is 10.3. The molecular formula is C11H15N2O. The molecule has 3 heteroatoms. The van der Waals surface area contributed by atoms with Crippen LogP contribution in [0.15, 0.2) is 24.3 Å². The van der Waals surface area contributed by atoms with E-state index in [-0.39, 0.29) is 18.5 Å². The van der Waals surface area contributed by atoms with Gasteiger partial charge in [0.05, 0.1) is 0 Å². The van der Waals surface area contributed by atoms with Crippen molar-refractivity contribution < 1.29 is 4.79 Å². The molecule has 0 fully saturated rings. The summed E-state index contributed by atoms with van der Waals surface area (Å²) in [6.45, 7) is 4.11. The van der Waals surface area contributed by atoms with Gasteiger partial charge in [0.15, 0.2) is 0 Å². The molecule has 0 atom stereocenters. The van der Waals surface area contributed by atoms with Crippen molar-refractivity contribution in [3.63, 3.8) is 0 Å². The molecule has 0 aliphatic rings. The van der Waals surface area contributed by atoms with Gasteiger partial charge < -0.3 is 5.32 Å². The van der Waals surface area contributed by atoms with Crippen molar-refractivity contribution in [1.29, 1.82) is 0 Å². The minimum absolute atomic E-state index is 0.0588. The second kappa shape index (κ2) is 4.77. The first-order chi connectivity index (χ1) is 6.63. The lowest BCUT2D eigenvalue weighted by Gasteiger charge is -2.08. The molecule has 1 aromatic carbocycles. The molecule has 0 bridgehead atoms. The highest BCUT2D eigenvalue weighted by Crippen LogP contribution is 2.04. The molecule has 1 rings (SSSR count). The molecule has 1 amide bonds. The Hall–Kier alpha value is -1.35. The highest BCUT2D eigenvalue weighted by atomic mass is 16.1. The van der Waals surface area contributed by atoms with Crippen molar-refractivity contribution in [2.75, 3.05) is 0 Å². The zero-order valence-electron chi connectivity index (χ0n) is 8.50. The molecule has 2 N–H and O–H groups in total. The number of amides is 1. The third kappa shape index (κ3) is 2.85. The third-order valence-electron chi connectivity index (χ3n) is 1.84. The third-order valence-corrected chi connectivity index (χ3v) is 1.84. The largest absolute Gasteiger partial charge is 0.350 e. The molecule has 3 nitrogen and oxygen atoms in total. The Morgan fingerprint density at radius 2 is 1.93 bits per heavy atom. The number of hydrogen-bond donors (Lipinski definition) is 1. The lowest BCUT2D eigenvalue weighted by molar-refractivity contribution is 0.0943. The van der Waals surface area contributed by atoms with E-state index in [0.29, 0.717) is 5.56 Å². The molecule has 0 saturated carbocycles. The van der Waals surface area contributed by atoms with Gasteiger partial charge in [-0.1, -0.05) is 12.1 Å². The monoisotopic (exact) mass is 191 g/mol. The van der Waals surface area contributed by atoms with E-state index in [0.717, 1.165) is 5.56 Å². The molecule has 0 aliphatic carbocycles. The Labute approximate surface area is 84.3 Å². The summed E-state index contributed by atoms with van der Waals surface area (Å²) in [5.74, 6) is -0.0588. The molecule has 0 spiro atoms. The summed E-state index contributed by atoms with van der Waals surface area (Å²) in [5, 5.41) is 2.81. The summed E-state index contributed by atoms with van der Waals surface area (Å²) >= 11 is 0. The summed E-state index contributed by atoms with van der Waals surface area (Å²) in [7, 11) is 0. The maximum absolute atomic E-state index is 11.5. The maximum atomic E-state index is 11.5. The second-order valence-electron chi connectivity index (χ2n) is 3.50. The number of carbonyl (C=O) groups excluding carboxylic acids is 1.